The van der Waals surface area contributed by atoms with E-state index in [1.807, 2.05) is 0 Å². The van der Waals surface area contributed by atoms with Crippen LogP contribution in [0.25, 0.3) is 5.65 Å². The second-order valence-corrected chi connectivity index (χ2v) is 4.72. The van der Waals surface area contributed by atoms with Gasteiger partial charge in [-0.05, 0) is 19.8 Å². The summed E-state index contributed by atoms with van der Waals surface area (Å²) in [5.74, 6) is 1.88. The van der Waals surface area contributed by atoms with Crippen molar-refractivity contribution in [1.29, 1.82) is 0 Å². The SMILES string of the molecule is Cc1nc(NC2(CCl)CC2)cc2n[nH]c(=O)n12. The van der Waals surface area contributed by atoms with E-state index in [9.17, 15) is 4.79 Å². The number of hydrogen-bond donors (Lipinski definition) is 2. The number of fused-ring (bicyclic) bond motifs is 1. The van der Waals surface area contributed by atoms with E-state index in [2.05, 4.69) is 20.5 Å². The highest BCUT2D eigenvalue weighted by Crippen LogP contribution is 2.39. The lowest BCUT2D eigenvalue weighted by molar-refractivity contribution is 0.821. The molecule has 90 valence electrons. The highest BCUT2D eigenvalue weighted by atomic mass is 35.5. The van der Waals surface area contributed by atoms with Crippen molar-refractivity contribution >= 4 is 23.1 Å². The third kappa shape index (κ3) is 1.68. The third-order valence-electron chi connectivity index (χ3n) is 3.07. The number of hydrogen-bond acceptors (Lipinski definition) is 4. The van der Waals surface area contributed by atoms with Crippen LogP contribution in [-0.4, -0.2) is 31.0 Å². The van der Waals surface area contributed by atoms with Gasteiger partial charge in [-0.3, -0.25) is 0 Å². The minimum absolute atomic E-state index is 0.0179. The van der Waals surface area contributed by atoms with Crippen molar-refractivity contribution in [2.24, 2.45) is 0 Å². The van der Waals surface area contributed by atoms with Crippen LogP contribution in [0.4, 0.5) is 5.82 Å². The van der Waals surface area contributed by atoms with E-state index in [4.69, 9.17) is 11.6 Å². The lowest BCUT2D eigenvalue weighted by Crippen LogP contribution is -2.24. The van der Waals surface area contributed by atoms with Gasteiger partial charge in [0.25, 0.3) is 0 Å². The number of H-pyrrole nitrogens is 1. The Kier molecular flexibility index (Phi) is 2.16. The van der Waals surface area contributed by atoms with E-state index >= 15 is 0 Å². The first-order valence-electron chi connectivity index (χ1n) is 5.42. The van der Waals surface area contributed by atoms with Gasteiger partial charge in [0.2, 0.25) is 0 Å². The number of nitrogens with one attached hydrogen (secondary N) is 2. The molecule has 0 spiro atoms. The molecule has 2 N–H and O–H groups in total. The highest BCUT2D eigenvalue weighted by Gasteiger charge is 2.42. The number of halogens is 1. The number of alkyl halides is 1. The Bertz CT molecular complexity index is 627. The second-order valence-electron chi connectivity index (χ2n) is 4.45. The van der Waals surface area contributed by atoms with Crippen molar-refractivity contribution < 1.29 is 0 Å². The maximum absolute atomic E-state index is 11.4. The van der Waals surface area contributed by atoms with Crippen LogP contribution < -0.4 is 11.0 Å². The van der Waals surface area contributed by atoms with Gasteiger partial charge in [0.05, 0.1) is 5.54 Å². The number of anilines is 1. The molecule has 0 aliphatic heterocycles. The summed E-state index contributed by atoms with van der Waals surface area (Å²) in [6.07, 6.45) is 2.10. The Morgan fingerprint density at radius 1 is 1.65 bits per heavy atom. The molecule has 0 aromatic carbocycles. The van der Waals surface area contributed by atoms with Crippen LogP contribution in [0, 0.1) is 6.92 Å². The van der Waals surface area contributed by atoms with Crippen LogP contribution in [0.5, 0.6) is 0 Å². The summed E-state index contributed by atoms with van der Waals surface area (Å²) in [5.41, 5.74) is 0.279. The summed E-state index contributed by atoms with van der Waals surface area (Å²) in [6.45, 7) is 1.77. The molecule has 3 rings (SSSR count). The molecule has 0 amide bonds. The first-order valence-corrected chi connectivity index (χ1v) is 5.96. The van der Waals surface area contributed by atoms with E-state index in [0.717, 1.165) is 12.8 Å². The van der Waals surface area contributed by atoms with E-state index in [-0.39, 0.29) is 11.2 Å². The second kappa shape index (κ2) is 3.46. The Morgan fingerprint density at radius 2 is 2.41 bits per heavy atom. The summed E-state index contributed by atoms with van der Waals surface area (Å²) in [6, 6.07) is 1.75. The van der Waals surface area contributed by atoms with Crippen LogP contribution in [-0.2, 0) is 0 Å². The van der Waals surface area contributed by atoms with Crippen LogP contribution in [0.2, 0.25) is 0 Å². The lowest BCUT2D eigenvalue weighted by atomic mass is 10.3. The summed E-state index contributed by atoms with van der Waals surface area (Å²) in [4.78, 5) is 15.8. The Labute approximate surface area is 102 Å². The first-order chi connectivity index (χ1) is 8.13. The predicted octanol–water partition coefficient (Wildman–Crippen LogP) is 0.909. The number of aromatic amines is 1. The highest BCUT2D eigenvalue weighted by molar-refractivity contribution is 6.19. The minimum Gasteiger partial charge on any atom is -0.363 e. The third-order valence-corrected chi connectivity index (χ3v) is 3.58. The van der Waals surface area contributed by atoms with Gasteiger partial charge >= 0.3 is 5.69 Å². The van der Waals surface area contributed by atoms with Gasteiger partial charge < -0.3 is 5.32 Å². The molecular formula is C10H12ClN5O. The molecule has 2 heterocycles. The van der Waals surface area contributed by atoms with E-state index < -0.39 is 0 Å². The maximum atomic E-state index is 11.4. The molecule has 2 aromatic rings. The number of rotatable bonds is 3. The molecule has 7 heteroatoms. The van der Waals surface area contributed by atoms with Gasteiger partial charge in [0.15, 0.2) is 5.65 Å². The van der Waals surface area contributed by atoms with Crippen molar-refractivity contribution in [3.05, 3.63) is 22.4 Å². The fourth-order valence-corrected chi connectivity index (χ4v) is 2.21. The van der Waals surface area contributed by atoms with Gasteiger partial charge in [-0.1, -0.05) is 0 Å². The molecular weight excluding hydrogens is 242 g/mol. The quantitative estimate of drug-likeness (QED) is 0.798. The number of nitrogens with zero attached hydrogens (tertiary/aromatic N) is 3. The standard InChI is InChI=1S/C10H12ClN5O/c1-6-12-7(13-10(5-11)2-3-10)4-8-14-15-9(17)16(6)8/h4,13H,2-3,5H2,1H3,(H,15,17). The zero-order chi connectivity index (χ0) is 12.0. The topological polar surface area (TPSA) is 75.1 Å². The molecule has 1 aliphatic carbocycles. The monoisotopic (exact) mass is 253 g/mol. The van der Waals surface area contributed by atoms with Gasteiger partial charge in [0.1, 0.15) is 11.6 Å². The Morgan fingerprint density at radius 3 is 3.06 bits per heavy atom. The smallest absolute Gasteiger partial charge is 0.349 e. The van der Waals surface area contributed by atoms with Crippen molar-refractivity contribution in [2.75, 3.05) is 11.2 Å². The molecule has 1 aliphatic rings. The zero-order valence-electron chi connectivity index (χ0n) is 9.33. The molecule has 2 aromatic heterocycles. The van der Waals surface area contributed by atoms with Gasteiger partial charge in [-0.25, -0.2) is 19.3 Å². The molecule has 17 heavy (non-hydrogen) atoms. The largest absolute Gasteiger partial charge is 0.363 e. The van der Waals surface area contributed by atoms with Crippen LogP contribution >= 0.6 is 11.6 Å². The van der Waals surface area contributed by atoms with E-state index in [1.54, 1.807) is 13.0 Å². The fourth-order valence-electron chi connectivity index (χ4n) is 1.88. The van der Waals surface area contributed by atoms with Gasteiger partial charge in [-0.15, -0.1) is 11.6 Å². The van der Waals surface area contributed by atoms with E-state index in [1.165, 1.54) is 4.40 Å². The van der Waals surface area contributed by atoms with Crippen molar-refractivity contribution in [3.8, 4) is 0 Å². The first kappa shape index (κ1) is 10.6. The van der Waals surface area contributed by atoms with Crippen molar-refractivity contribution in [1.82, 2.24) is 19.6 Å². The molecule has 0 saturated heterocycles. The molecule has 0 radical (unpaired) electrons. The summed E-state index contributed by atoms with van der Waals surface area (Å²) in [7, 11) is 0. The molecule has 1 saturated carbocycles. The summed E-state index contributed by atoms with van der Waals surface area (Å²) in [5, 5.41) is 9.64. The molecule has 6 nitrogen and oxygen atoms in total. The Hall–Kier alpha value is -1.56. The predicted molar refractivity (Wildman–Crippen MR) is 64.7 cm³/mol. The van der Waals surface area contributed by atoms with Crippen LogP contribution in [0.1, 0.15) is 18.7 Å². The minimum atomic E-state index is -0.268. The zero-order valence-corrected chi connectivity index (χ0v) is 10.1. The molecule has 1 fully saturated rings. The van der Waals surface area contributed by atoms with Crippen LogP contribution in [0.15, 0.2) is 10.9 Å². The van der Waals surface area contributed by atoms with Crippen molar-refractivity contribution in [3.63, 3.8) is 0 Å². The fraction of sp³-hybridized carbons (Fsp3) is 0.500. The number of aryl methyl sites for hydroxylation is 1. The average molecular weight is 254 g/mol. The molecule has 0 atom stereocenters. The van der Waals surface area contributed by atoms with Gasteiger partial charge in [0, 0.05) is 11.9 Å². The average Bonchev–Trinajstić information content (AvgIpc) is 2.96. The van der Waals surface area contributed by atoms with Crippen molar-refractivity contribution in [2.45, 2.75) is 25.3 Å². The summed E-state index contributed by atoms with van der Waals surface area (Å²) < 4.78 is 1.44. The normalized spacial score (nSPS) is 17.3. The van der Waals surface area contributed by atoms with E-state index in [0.29, 0.717) is 23.2 Å². The van der Waals surface area contributed by atoms with Gasteiger partial charge in [-0.2, -0.15) is 5.10 Å². The maximum Gasteiger partial charge on any atom is 0.349 e. The molecule has 0 bridgehead atoms. The lowest BCUT2D eigenvalue weighted by Gasteiger charge is -2.15. The summed E-state index contributed by atoms with van der Waals surface area (Å²) >= 11 is 5.90. The number of aromatic nitrogens is 4. The Balaban J connectivity index is 2.04. The molecule has 0 unspecified atom stereocenters. The van der Waals surface area contributed by atoms with Crippen LogP contribution in [0.3, 0.4) is 0 Å².